The van der Waals surface area contributed by atoms with Crippen molar-refractivity contribution < 1.29 is 9.31 Å². The number of likely N-dealkylation sites (N-methyl/N-ethyl adjacent to an activating group) is 1. The number of aromatic nitrogens is 2. The Kier molecular flexibility index (Phi) is 4.57. The van der Waals surface area contributed by atoms with Gasteiger partial charge in [-0.2, -0.15) is 0 Å². The Morgan fingerprint density at radius 3 is 2.44 bits per heavy atom. The molecule has 6 nitrogen and oxygen atoms in total. The highest BCUT2D eigenvalue weighted by Gasteiger charge is 2.52. The van der Waals surface area contributed by atoms with E-state index < -0.39 is 18.3 Å². The third kappa shape index (κ3) is 3.27. The summed E-state index contributed by atoms with van der Waals surface area (Å²) in [6, 6.07) is 3.73. The zero-order chi connectivity index (χ0) is 18.2. The molecule has 1 fully saturated rings. The third-order valence-corrected chi connectivity index (χ3v) is 4.98. The van der Waals surface area contributed by atoms with Crippen LogP contribution in [0.25, 0.3) is 17.1 Å². The van der Waals surface area contributed by atoms with Gasteiger partial charge < -0.3 is 20.4 Å². The predicted octanol–water partition coefficient (Wildman–Crippen LogP) is 2.45. The minimum Gasteiger partial charge on any atom is -0.400 e. The van der Waals surface area contributed by atoms with Crippen molar-refractivity contribution in [1.29, 1.82) is 0 Å². The molecule has 0 radical (unpaired) electrons. The molecule has 1 aliphatic rings. The van der Waals surface area contributed by atoms with Gasteiger partial charge in [0, 0.05) is 30.2 Å². The van der Waals surface area contributed by atoms with Gasteiger partial charge in [0.1, 0.15) is 0 Å². The number of nitrogen functional groups attached to an aromatic ring is 1. The number of fused-ring (bicyclic) bond motifs is 1. The van der Waals surface area contributed by atoms with Crippen molar-refractivity contribution in [2.24, 2.45) is 0 Å². The molecule has 1 aromatic heterocycles. The third-order valence-electron chi connectivity index (χ3n) is 4.98. The first-order valence-corrected chi connectivity index (χ1v) is 8.45. The summed E-state index contributed by atoms with van der Waals surface area (Å²) in [4.78, 5) is 8.80. The number of hydrogen-bond acceptors (Lipinski definition) is 6. The van der Waals surface area contributed by atoms with Gasteiger partial charge in [0.15, 0.2) is 0 Å². The molecule has 0 saturated carbocycles. The van der Waals surface area contributed by atoms with Crippen molar-refractivity contribution in [1.82, 2.24) is 15.3 Å². The van der Waals surface area contributed by atoms with Gasteiger partial charge in [-0.3, -0.25) is 9.97 Å². The largest absolute Gasteiger partial charge is 0.491 e. The molecular weight excluding hydrogens is 315 g/mol. The van der Waals surface area contributed by atoms with Gasteiger partial charge in [-0.25, -0.2) is 0 Å². The van der Waals surface area contributed by atoms with Crippen LogP contribution in [-0.2, 0) is 9.31 Å². The van der Waals surface area contributed by atoms with Gasteiger partial charge in [0.25, 0.3) is 0 Å². The van der Waals surface area contributed by atoms with Crippen molar-refractivity contribution >= 4 is 29.9 Å². The average molecular weight is 340 g/mol. The molecule has 0 aliphatic carbocycles. The molecule has 1 aromatic carbocycles. The molecule has 2 aromatic rings. The fourth-order valence-electron chi connectivity index (χ4n) is 2.81. The lowest BCUT2D eigenvalue weighted by atomic mass is 9.76. The van der Waals surface area contributed by atoms with Crippen LogP contribution in [0.5, 0.6) is 0 Å². The monoisotopic (exact) mass is 340 g/mol. The van der Waals surface area contributed by atoms with Crippen molar-refractivity contribution in [3.8, 4) is 0 Å². The first-order chi connectivity index (χ1) is 11.7. The predicted molar refractivity (Wildman–Crippen MR) is 102 cm³/mol. The molecule has 0 atom stereocenters. The van der Waals surface area contributed by atoms with Crippen molar-refractivity contribution in [3.05, 3.63) is 35.6 Å². The molecule has 3 N–H and O–H groups in total. The highest BCUT2D eigenvalue weighted by molar-refractivity contribution is 6.56. The van der Waals surface area contributed by atoms with Gasteiger partial charge in [0.05, 0.1) is 22.2 Å². The van der Waals surface area contributed by atoms with Gasteiger partial charge >= 0.3 is 7.12 Å². The number of anilines is 1. The Morgan fingerprint density at radius 2 is 1.80 bits per heavy atom. The summed E-state index contributed by atoms with van der Waals surface area (Å²) in [5, 5.41) is 3.18. The SMILES string of the molecule is CNCC(=Cc1c(N)ccc2nccnc12)B1OC(C)(C)C(C)(C)O1. The van der Waals surface area contributed by atoms with Gasteiger partial charge in [-0.1, -0.05) is 6.08 Å². The normalized spacial score (nSPS) is 19.6. The number of nitrogens with one attached hydrogen (secondary N) is 1. The highest BCUT2D eigenvalue weighted by Crippen LogP contribution is 2.39. The summed E-state index contributed by atoms with van der Waals surface area (Å²) in [5.74, 6) is 0. The molecule has 0 amide bonds. The summed E-state index contributed by atoms with van der Waals surface area (Å²) < 4.78 is 12.4. The average Bonchev–Trinajstić information content (AvgIpc) is 2.77. The Labute approximate surface area is 149 Å². The van der Waals surface area contributed by atoms with Crippen LogP contribution in [0, 0.1) is 0 Å². The summed E-state index contributed by atoms with van der Waals surface area (Å²) in [5.41, 5.74) is 9.46. The first kappa shape index (κ1) is 17.9. The minimum absolute atomic E-state index is 0.394. The molecule has 0 unspecified atom stereocenters. The number of nitrogens with two attached hydrogens (primary N) is 1. The van der Waals surface area contributed by atoms with Crippen molar-refractivity contribution in [2.45, 2.75) is 38.9 Å². The van der Waals surface area contributed by atoms with Crippen LogP contribution in [0.1, 0.15) is 33.3 Å². The lowest BCUT2D eigenvalue weighted by molar-refractivity contribution is 0.00578. The Morgan fingerprint density at radius 1 is 1.16 bits per heavy atom. The molecule has 0 bridgehead atoms. The minimum atomic E-state index is -0.441. The van der Waals surface area contributed by atoms with E-state index in [1.807, 2.05) is 53.0 Å². The molecule has 2 heterocycles. The Hall–Kier alpha value is -1.96. The number of benzene rings is 1. The molecule has 0 spiro atoms. The summed E-state index contributed by atoms with van der Waals surface area (Å²) in [7, 11) is 1.45. The molecule has 25 heavy (non-hydrogen) atoms. The van der Waals surface area contributed by atoms with E-state index in [0.29, 0.717) is 12.2 Å². The van der Waals surface area contributed by atoms with E-state index in [1.165, 1.54) is 0 Å². The van der Waals surface area contributed by atoms with Crippen molar-refractivity contribution in [2.75, 3.05) is 19.3 Å². The second-order valence-corrected chi connectivity index (χ2v) is 7.33. The lowest BCUT2D eigenvalue weighted by Gasteiger charge is -2.32. The Balaban J connectivity index is 2.07. The molecule has 1 aliphatic heterocycles. The van der Waals surface area contributed by atoms with Crippen LogP contribution in [0.15, 0.2) is 30.0 Å². The van der Waals surface area contributed by atoms with Crippen LogP contribution in [0.3, 0.4) is 0 Å². The highest BCUT2D eigenvalue weighted by atomic mass is 16.7. The zero-order valence-electron chi connectivity index (χ0n) is 15.5. The van der Waals surface area contributed by atoms with E-state index in [-0.39, 0.29) is 0 Å². The van der Waals surface area contributed by atoms with E-state index >= 15 is 0 Å². The van der Waals surface area contributed by atoms with Crippen LogP contribution in [0.4, 0.5) is 5.69 Å². The van der Waals surface area contributed by atoms with E-state index in [0.717, 1.165) is 22.1 Å². The van der Waals surface area contributed by atoms with E-state index in [9.17, 15) is 0 Å². The fraction of sp³-hybridized carbons (Fsp3) is 0.444. The van der Waals surface area contributed by atoms with E-state index in [2.05, 4.69) is 15.3 Å². The second kappa shape index (κ2) is 6.40. The summed E-state index contributed by atoms with van der Waals surface area (Å²) >= 11 is 0. The first-order valence-electron chi connectivity index (χ1n) is 8.45. The lowest BCUT2D eigenvalue weighted by Crippen LogP contribution is -2.41. The van der Waals surface area contributed by atoms with Gasteiger partial charge in [0.2, 0.25) is 0 Å². The number of hydrogen-bond donors (Lipinski definition) is 2. The molecular formula is C18H25BN4O2. The fourth-order valence-corrected chi connectivity index (χ4v) is 2.81. The van der Waals surface area contributed by atoms with Crippen LogP contribution < -0.4 is 11.1 Å². The van der Waals surface area contributed by atoms with Crippen LogP contribution in [0.2, 0.25) is 0 Å². The van der Waals surface area contributed by atoms with E-state index in [1.54, 1.807) is 12.4 Å². The maximum absolute atomic E-state index is 6.22. The van der Waals surface area contributed by atoms with Crippen LogP contribution >= 0.6 is 0 Å². The maximum Gasteiger partial charge on any atom is 0.491 e. The quantitative estimate of drug-likeness (QED) is 0.657. The number of rotatable bonds is 4. The van der Waals surface area contributed by atoms with Gasteiger partial charge in [-0.15, -0.1) is 0 Å². The molecule has 7 heteroatoms. The zero-order valence-corrected chi connectivity index (χ0v) is 15.5. The molecule has 3 rings (SSSR count). The van der Waals surface area contributed by atoms with Crippen LogP contribution in [-0.4, -0.2) is 41.9 Å². The smallest absolute Gasteiger partial charge is 0.400 e. The maximum atomic E-state index is 6.22. The van der Waals surface area contributed by atoms with Gasteiger partial charge in [-0.05, 0) is 52.3 Å². The Bertz CT molecular complexity index is 804. The molecule has 132 valence electrons. The van der Waals surface area contributed by atoms with Crippen molar-refractivity contribution in [3.63, 3.8) is 0 Å². The summed E-state index contributed by atoms with van der Waals surface area (Å²) in [6.45, 7) is 8.79. The standard InChI is InChI=1S/C18H25BN4O2/c1-17(2)18(3,4)25-19(24-17)12(11-21-5)10-13-14(20)6-7-15-16(13)23-9-8-22-15/h6-10,21H,11,20H2,1-5H3. The summed E-state index contributed by atoms with van der Waals surface area (Å²) in [6.07, 6.45) is 5.35. The van der Waals surface area contributed by atoms with E-state index in [4.69, 9.17) is 15.0 Å². The molecule has 1 saturated heterocycles. The topological polar surface area (TPSA) is 82.3 Å². The number of nitrogens with zero attached hydrogens (tertiary/aromatic N) is 2. The second-order valence-electron chi connectivity index (χ2n) is 7.33.